The summed E-state index contributed by atoms with van der Waals surface area (Å²) in [4.78, 5) is 162. The van der Waals surface area contributed by atoms with Crippen LogP contribution >= 0.6 is 0 Å². The molecule has 4 aromatic carbocycles. The predicted octanol–water partition coefficient (Wildman–Crippen LogP) is 2.41. The van der Waals surface area contributed by atoms with E-state index in [4.69, 9.17) is 15.2 Å². The topological polar surface area (TPSA) is 387 Å². The number of aromatic amines is 2. The lowest BCUT2D eigenvalue weighted by molar-refractivity contribution is -0.145. The molecule has 3 aliphatic heterocycles. The number of methoxy groups -OCH3 is 1. The molecule has 1 fully saturated rings. The first-order chi connectivity index (χ1) is 48.4. The number of ether oxygens (including phenoxy) is 2. The van der Waals surface area contributed by atoms with Crippen molar-refractivity contribution in [2.45, 2.75) is 173 Å². The van der Waals surface area contributed by atoms with Crippen molar-refractivity contribution < 1.29 is 75.4 Å². The number of benzene rings is 4. The van der Waals surface area contributed by atoms with Crippen LogP contribution in [0.15, 0.2) is 97.3 Å². The standard InChI is InChI=1S/C72H91F3N14O13/c1-38-10-9-24-78-67(96)57(27-43-15-19-50(101-8)20-16-43)86-70(99)62(40(3)102-72(5,6)7)88-69(98)60-32-49(75)37-89(60)71(100)59(29-46-35-80-54-22-18-48(74)31-52(46)54)87-68(97)58(28-45-34-79-53-21-17-47(73)30-51(45)53)85-65(94)39(2)82-61(91)36-81-66(95)55(83-41(4)90)23-25-77-33-44-13-11-42(12-14-44)26-56(63(76)92)84-64(38)93/h11-22,30-31,34-35,38-40,49,55-60,62,77,79-80H,9-10,23-29,32-33,36-37H2,1-8H3,(H2,76,92)(H,78,96)(H,81,95)(H,82,91)(H,83,90)(H,84,93)(H,85,94)(H,86,99)(H,87,97)(H,88,98)/t38-,39-,40-,49+,55+,56+,57+,58+,59+,60+,62+/m1/s1. The van der Waals surface area contributed by atoms with Crippen LogP contribution in [0.4, 0.5) is 13.2 Å². The Bertz CT molecular complexity index is 4010. The molecule has 0 spiro atoms. The number of nitrogens with two attached hydrogens (primary N) is 1. The maximum atomic E-state index is 16.2. The molecular weight excluding hydrogens is 1330 g/mol. The first kappa shape index (κ1) is 77.4. The Kier molecular flexibility index (Phi) is 26.8. The molecule has 0 radical (unpaired) electrons. The summed E-state index contributed by atoms with van der Waals surface area (Å²) >= 11 is 0. The SMILES string of the molecule is COc1ccc(C[C@@H]2NC(=O)[C@H]([C@@H](C)OC(C)(C)C)NC(=O)[C@@H]3C[C@H](F)CN3C(=O)[C@H](Cc3c[nH]c4ccc(F)cc34)NC(=O)[C@H](Cc3c[nH]c4ccc(F)cc34)NC(=O)[C@@H](C)NC(=O)CNC(=O)[C@@H](NC(C)=O)CCNCc3ccc(cc3)C[C@@H](C(N)=O)NC(=O)[C@H](C)CCCNC2=O)cc1. The van der Waals surface area contributed by atoms with E-state index in [1.165, 1.54) is 76.7 Å². The molecule has 0 unspecified atom stereocenters. The van der Waals surface area contributed by atoms with Gasteiger partial charge in [0, 0.05) is 92.2 Å². The lowest BCUT2D eigenvalue weighted by Crippen LogP contribution is -2.62. The average molecular weight is 1420 g/mol. The van der Waals surface area contributed by atoms with Gasteiger partial charge in [-0.05, 0) is 137 Å². The van der Waals surface area contributed by atoms with E-state index in [0.29, 0.717) is 50.8 Å². The second-order valence-corrected chi connectivity index (χ2v) is 27.0. The van der Waals surface area contributed by atoms with Crippen LogP contribution in [0.2, 0.25) is 0 Å². The molecule has 2 bridgehead atoms. The first-order valence-electron chi connectivity index (χ1n) is 33.9. The van der Waals surface area contributed by atoms with Crippen LogP contribution in [-0.4, -0.2) is 179 Å². The van der Waals surface area contributed by atoms with Crippen LogP contribution in [0, 0.1) is 17.6 Å². The maximum Gasteiger partial charge on any atom is 0.246 e. The summed E-state index contributed by atoms with van der Waals surface area (Å²) in [5, 5.41) is 27.7. The smallest absolute Gasteiger partial charge is 0.246 e. The second kappa shape index (κ2) is 35.3. The number of carbonyl (C=O) groups excluding carboxylic acids is 11. The van der Waals surface area contributed by atoms with Crippen LogP contribution in [0.5, 0.6) is 5.75 Å². The van der Waals surface area contributed by atoms with Gasteiger partial charge < -0.3 is 83.2 Å². The molecule has 30 heteroatoms. The number of rotatable bonds is 11. The molecular formula is C72H91F3N14O13. The van der Waals surface area contributed by atoms with E-state index in [1.807, 2.05) is 0 Å². The van der Waals surface area contributed by atoms with Gasteiger partial charge in [0.2, 0.25) is 65.0 Å². The van der Waals surface area contributed by atoms with Gasteiger partial charge in [0.05, 0.1) is 31.9 Å². The third-order valence-electron chi connectivity index (χ3n) is 17.7. The van der Waals surface area contributed by atoms with Crippen LogP contribution in [0.1, 0.15) is 102 Å². The number of aromatic nitrogens is 2. The van der Waals surface area contributed by atoms with Crippen LogP contribution in [0.25, 0.3) is 21.8 Å². The number of carbonyl (C=O) groups is 11. The summed E-state index contributed by atoms with van der Waals surface area (Å²) in [6.45, 7) is 9.94. The zero-order valence-corrected chi connectivity index (χ0v) is 58.2. The number of primary amides is 1. The van der Waals surface area contributed by atoms with Crippen molar-refractivity contribution in [1.29, 1.82) is 0 Å². The lowest BCUT2D eigenvalue weighted by atomic mass is 10.0. The highest BCUT2D eigenvalue weighted by Gasteiger charge is 2.45. The van der Waals surface area contributed by atoms with E-state index >= 15 is 23.2 Å². The number of hydrogen-bond acceptors (Lipinski definition) is 14. The zero-order chi connectivity index (χ0) is 74.1. The molecule has 11 atom stereocenters. The number of hydrogen-bond donors (Lipinski definition) is 13. The fourth-order valence-electron chi connectivity index (χ4n) is 12.4. The molecule has 102 heavy (non-hydrogen) atoms. The Morgan fingerprint density at radius 3 is 1.86 bits per heavy atom. The minimum Gasteiger partial charge on any atom is -0.497 e. The number of amides is 11. The predicted molar refractivity (Wildman–Crippen MR) is 371 cm³/mol. The average Bonchev–Trinajstić information content (AvgIpc) is 1.63. The van der Waals surface area contributed by atoms with Gasteiger partial charge in [-0.15, -0.1) is 0 Å². The Labute approximate surface area is 588 Å². The third-order valence-corrected chi connectivity index (χ3v) is 17.7. The van der Waals surface area contributed by atoms with Gasteiger partial charge >= 0.3 is 0 Å². The van der Waals surface area contributed by atoms with E-state index in [0.717, 1.165) is 10.5 Å². The van der Waals surface area contributed by atoms with Crippen molar-refractivity contribution >= 4 is 86.8 Å². The van der Waals surface area contributed by atoms with Crippen molar-refractivity contribution in [3.05, 3.63) is 137 Å². The monoisotopic (exact) mass is 1420 g/mol. The molecule has 5 heterocycles. The van der Waals surface area contributed by atoms with Crippen molar-refractivity contribution in [1.82, 2.24) is 68.0 Å². The Balaban J connectivity index is 1.12. The molecule has 14 N–H and O–H groups in total. The highest BCUT2D eigenvalue weighted by molar-refractivity contribution is 5.99. The molecule has 3 aliphatic rings. The highest BCUT2D eigenvalue weighted by Crippen LogP contribution is 2.28. The van der Waals surface area contributed by atoms with Crippen molar-refractivity contribution in [2.75, 3.05) is 33.3 Å². The van der Waals surface area contributed by atoms with E-state index in [-0.39, 0.29) is 57.2 Å². The number of H-pyrrole nitrogens is 2. The molecule has 9 rings (SSSR count). The fraction of sp³-hybridized carbons (Fsp3) is 0.458. The summed E-state index contributed by atoms with van der Waals surface area (Å²) in [5.74, 6) is -10.4. The van der Waals surface area contributed by atoms with Crippen molar-refractivity contribution in [3.8, 4) is 5.75 Å². The van der Waals surface area contributed by atoms with Gasteiger partial charge in [0.1, 0.15) is 71.9 Å². The van der Waals surface area contributed by atoms with Crippen molar-refractivity contribution in [3.63, 3.8) is 0 Å². The number of nitrogens with one attached hydrogen (secondary N) is 12. The van der Waals surface area contributed by atoms with Crippen molar-refractivity contribution in [2.24, 2.45) is 11.7 Å². The zero-order valence-electron chi connectivity index (χ0n) is 58.2. The third kappa shape index (κ3) is 21.8. The van der Waals surface area contributed by atoms with Gasteiger partial charge in [0.25, 0.3) is 0 Å². The van der Waals surface area contributed by atoms with Gasteiger partial charge in [-0.1, -0.05) is 43.3 Å². The first-order valence-corrected chi connectivity index (χ1v) is 33.9. The maximum absolute atomic E-state index is 16.2. The van der Waals surface area contributed by atoms with E-state index in [1.54, 1.807) is 76.2 Å². The normalized spacial score (nSPS) is 24.0. The molecule has 11 amide bonds. The summed E-state index contributed by atoms with van der Waals surface area (Å²) in [5.41, 5.74) is 8.40. The quantitative estimate of drug-likeness (QED) is 0.0829. The summed E-state index contributed by atoms with van der Waals surface area (Å²) in [6, 6.07) is 9.94. The van der Waals surface area contributed by atoms with Crippen LogP contribution < -0.4 is 63.6 Å². The number of halogens is 3. The minimum absolute atomic E-state index is 0.0227. The summed E-state index contributed by atoms with van der Waals surface area (Å²) in [6.07, 6.45) is -0.914. The second-order valence-electron chi connectivity index (χ2n) is 27.0. The lowest BCUT2D eigenvalue weighted by Gasteiger charge is -2.34. The molecule has 27 nitrogen and oxygen atoms in total. The highest BCUT2D eigenvalue weighted by atomic mass is 19.1. The van der Waals surface area contributed by atoms with Gasteiger partial charge in [0.15, 0.2) is 0 Å². The minimum atomic E-state index is -1.85. The van der Waals surface area contributed by atoms with Gasteiger partial charge in [-0.25, -0.2) is 13.2 Å². The Morgan fingerprint density at radius 2 is 1.25 bits per heavy atom. The molecule has 0 saturated carbocycles. The Morgan fingerprint density at radius 1 is 0.657 bits per heavy atom. The van der Waals surface area contributed by atoms with E-state index < -0.39 is 175 Å². The summed E-state index contributed by atoms with van der Waals surface area (Å²) < 4.78 is 57.7. The molecule has 548 valence electrons. The fourth-order valence-corrected chi connectivity index (χ4v) is 12.4. The van der Waals surface area contributed by atoms with E-state index in [9.17, 15) is 42.7 Å². The summed E-state index contributed by atoms with van der Waals surface area (Å²) in [7, 11) is 1.48. The number of alkyl halides is 1. The molecule has 6 aromatic rings. The van der Waals surface area contributed by atoms with Gasteiger partial charge in [-0.2, -0.15) is 0 Å². The largest absolute Gasteiger partial charge is 0.497 e. The van der Waals surface area contributed by atoms with E-state index in [2.05, 4.69) is 63.1 Å². The van der Waals surface area contributed by atoms with Crippen LogP contribution in [0.3, 0.4) is 0 Å². The molecule has 2 aromatic heterocycles. The van der Waals surface area contributed by atoms with Crippen LogP contribution in [-0.2, 0) is 89.7 Å². The molecule has 1 saturated heterocycles. The molecule has 0 aliphatic carbocycles. The number of fused-ring (bicyclic) bond motifs is 36. The number of nitrogens with zero attached hydrogens (tertiary/aromatic N) is 1. The Hall–Kier alpha value is -10.4. The van der Waals surface area contributed by atoms with Gasteiger partial charge in [-0.3, -0.25) is 52.7 Å².